The van der Waals surface area contributed by atoms with Crippen LogP contribution in [0.2, 0.25) is 0 Å². The fourth-order valence-corrected chi connectivity index (χ4v) is 2.87. The Kier molecular flexibility index (Phi) is 4.02. The Labute approximate surface area is 126 Å². The van der Waals surface area contributed by atoms with Crippen molar-refractivity contribution in [1.29, 1.82) is 0 Å². The first-order valence-electron chi connectivity index (χ1n) is 7.75. The molecule has 3 rings (SSSR count). The lowest BCUT2D eigenvalue weighted by atomic mass is 10.1. The van der Waals surface area contributed by atoms with E-state index >= 15 is 0 Å². The molecule has 3 heteroatoms. The predicted molar refractivity (Wildman–Crippen MR) is 85.7 cm³/mol. The summed E-state index contributed by atoms with van der Waals surface area (Å²) < 4.78 is 8.38. The minimum atomic E-state index is 0.243. The highest BCUT2D eigenvalue weighted by atomic mass is 16.5. The Morgan fingerprint density at radius 1 is 1.33 bits per heavy atom. The average molecular weight is 284 g/mol. The Bertz CT molecular complexity index is 615. The van der Waals surface area contributed by atoms with E-state index in [1.165, 1.54) is 16.8 Å². The summed E-state index contributed by atoms with van der Waals surface area (Å²) in [5.74, 6) is 1.06. The molecule has 112 valence electrons. The second-order valence-corrected chi connectivity index (χ2v) is 6.24. The number of hydrogen-bond donors (Lipinski definition) is 1. The predicted octanol–water partition coefficient (Wildman–Crippen LogP) is 3.30. The van der Waals surface area contributed by atoms with E-state index in [9.17, 15) is 0 Å². The van der Waals surface area contributed by atoms with Crippen LogP contribution in [0.4, 0.5) is 0 Å². The quantitative estimate of drug-likeness (QED) is 0.911. The molecule has 1 aliphatic rings. The van der Waals surface area contributed by atoms with Gasteiger partial charge in [-0.3, -0.25) is 0 Å². The van der Waals surface area contributed by atoms with Gasteiger partial charge in [0.25, 0.3) is 0 Å². The number of aryl methyl sites for hydroxylation is 1. The molecule has 0 radical (unpaired) electrons. The summed E-state index contributed by atoms with van der Waals surface area (Å²) >= 11 is 0. The highest BCUT2D eigenvalue weighted by Crippen LogP contribution is 2.30. The maximum absolute atomic E-state index is 6.07. The Morgan fingerprint density at radius 2 is 2.19 bits per heavy atom. The molecular formula is C18H24N2O. The summed E-state index contributed by atoms with van der Waals surface area (Å²) in [4.78, 5) is 0. The molecule has 21 heavy (non-hydrogen) atoms. The minimum Gasteiger partial charge on any atom is -0.488 e. The fourth-order valence-electron chi connectivity index (χ4n) is 2.87. The van der Waals surface area contributed by atoms with Crippen LogP contribution in [0.1, 0.15) is 30.7 Å². The molecule has 3 nitrogen and oxygen atoms in total. The van der Waals surface area contributed by atoms with E-state index in [2.05, 4.69) is 67.2 Å². The molecule has 0 amide bonds. The van der Waals surface area contributed by atoms with Crippen LogP contribution in [-0.2, 0) is 19.5 Å². The van der Waals surface area contributed by atoms with Crippen LogP contribution in [-0.4, -0.2) is 16.7 Å². The second-order valence-electron chi connectivity index (χ2n) is 6.24. The van der Waals surface area contributed by atoms with Gasteiger partial charge < -0.3 is 14.6 Å². The van der Waals surface area contributed by atoms with Crippen LogP contribution in [0.15, 0.2) is 36.5 Å². The van der Waals surface area contributed by atoms with Gasteiger partial charge in [-0.1, -0.05) is 31.5 Å². The maximum atomic E-state index is 6.07. The number of nitrogens with zero attached hydrogens (tertiary/aromatic N) is 1. The molecule has 1 N–H and O–H groups in total. The highest BCUT2D eigenvalue weighted by Gasteiger charge is 2.23. The van der Waals surface area contributed by atoms with Crippen LogP contribution >= 0.6 is 0 Å². The van der Waals surface area contributed by atoms with Gasteiger partial charge in [0.15, 0.2) is 0 Å². The summed E-state index contributed by atoms with van der Waals surface area (Å²) in [5, 5.41) is 3.48. The molecule has 1 aliphatic heterocycles. The van der Waals surface area contributed by atoms with Gasteiger partial charge >= 0.3 is 0 Å². The Balaban J connectivity index is 1.65. The highest BCUT2D eigenvalue weighted by molar-refractivity contribution is 5.40. The largest absolute Gasteiger partial charge is 0.488 e. The van der Waals surface area contributed by atoms with Crippen molar-refractivity contribution in [3.63, 3.8) is 0 Å². The van der Waals surface area contributed by atoms with Gasteiger partial charge in [0.2, 0.25) is 0 Å². The van der Waals surface area contributed by atoms with Gasteiger partial charge in [-0.15, -0.1) is 0 Å². The topological polar surface area (TPSA) is 26.2 Å². The van der Waals surface area contributed by atoms with Crippen LogP contribution in [0.25, 0.3) is 0 Å². The zero-order valence-electron chi connectivity index (χ0n) is 13.1. The van der Waals surface area contributed by atoms with Crippen molar-refractivity contribution in [2.75, 3.05) is 0 Å². The van der Waals surface area contributed by atoms with E-state index in [0.717, 1.165) is 25.3 Å². The number of nitrogens with one attached hydrogen (secondary N) is 1. The molecule has 1 aromatic carbocycles. The summed E-state index contributed by atoms with van der Waals surface area (Å²) in [6.45, 7) is 8.30. The summed E-state index contributed by atoms with van der Waals surface area (Å²) in [5.41, 5.74) is 3.97. The third-order valence-corrected chi connectivity index (χ3v) is 3.97. The molecule has 0 fully saturated rings. The van der Waals surface area contributed by atoms with Crippen LogP contribution < -0.4 is 10.1 Å². The first-order chi connectivity index (χ1) is 10.1. The number of benzene rings is 1. The van der Waals surface area contributed by atoms with Crippen molar-refractivity contribution in [2.24, 2.45) is 0 Å². The maximum Gasteiger partial charge on any atom is 0.123 e. The third kappa shape index (κ3) is 3.30. The molecule has 1 aromatic heterocycles. The van der Waals surface area contributed by atoms with Crippen LogP contribution in [0, 0.1) is 6.92 Å². The number of fused-ring (bicyclic) bond motifs is 1. The summed E-state index contributed by atoms with van der Waals surface area (Å²) in [6, 6.07) is 11.3. The fraction of sp³-hybridized carbons (Fsp3) is 0.444. The second kappa shape index (κ2) is 5.94. The molecule has 2 aromatic rings. The smallest absolute Gasteiger partial charge is 0.123 e. The average Bonchev–Trinajstić information content (AvgIpc) is 3.02. The van der Waals surface area contributed by atoms with Crippen molar-refractivity contribution in [1.82, 2.24) is 9.88 Å². The first kappa shape index (κ1) is 14.2. The normalized spacial score (nSPS) is 17.0. The van der Waals surface area contributed by atoms with Gasteiger partial charge in [-0.25, -0.2) is 0 Å². The molecule has 0 bridgehead atoms. The molecule has 0 aliphatic carbocycles. The van der Waals surface area contributed by atoms with Crippen molar-refractivity contribution in [3.05, 3.63) is 53.3 Å². The zero-order chi connectivity index (χ0) is 14.8. The van der Waals surface area contributed by atoms with Gasteiger partial charge in [0.05, 0.1) is 6.54 Å². The number of rotatable bonds is 5. The number of ether oxygens (including phenoxy) is 1. The van der Waals surface area contributed by atoms with Gasteiger partial charge in [0.1, 0.15) is 11.9 Å². The first-order valence-corrected chi connectivity index (χ1v) is 7.75. The molecule has 1 atom stereocenters. The van der Waals surface area contributed by atoms with E-state index < -0.39 is 0 Å². The van der Waals surface area contributed by atoms with E-state index in [4.69, 9.17) is 4.74 Å². The van der Waals surface area contributed by atoms with E-state index in [-0.39, 0.29) is 6.10 Å². The van der Waals surface area contributed by atoms with Crippen LogP contribution in [0.3, 0.4) is 0 Å². The molecule has 0 saturated carbocycles. The number of hydrogen-bond acceptors (Lipinski definition) is 2. The summed E-state index contributed by atoms with van der Waals surface area (Å²) in [6.07, 6.45) is 3.40. The van der Waals surface area contributed by atoms with E-state index in [1.807, 2.05) is 0 Å². The van der Waals surface area contributed by atoms with E-state index in [1.54, 1.807) is 0 Å². The molecule has 2 heterocycles. The van der Waals surface area contributed by atoms with Crippen molar-refractivity contribution in [3.8, 4) is 5.75 Å². The minimum absolute atomic E-state index is 0.243. The van der Waals surface area contributed by atoms with Gasteiger partial charge in [-0.05, 0) is 30.7 Å². The van der Waals surface area contributed by atoms with Crippen molar-refractivity contribution in [2.45, 2.75) is 52.4 Å². The molecule has 0 spiro atoms. The lowest BCUT2D eigenvalue weighted by Gasteiger charge is -2.16. The summed E-state index contributed by atoms with van der Waals surface area (Å²) in [7, 11) is 0. The lowest BCUT2D eigenvalue weighted by molar-refractivity contribution is 0.207. The number of aromatic nitrogens is 1. The molecule has 1 unspecified atom stereocenters. The van der Waals surface area contributed by atoms with Gasteiger partial charge in [-0.2, -0.15) is 0 Å². The van der Waals surface area contributed by atoms with Gasteiger partial charge in [0, 0.05) is 30.9 Å². The zero-order valence-corrected chi connectivity index (χ0v) is 13.1. The monoisotopic (exact) mass is 284 g/mol. The van der Waals surface area contributed by atoms with E-state index in [0.29, 0.717) is 6.04 Å². The third-order valence-electron chi connectivity index (χ3n) is 3.97. The standard InChI is InChI=1S/C18H24N2O/c1-13(2)19-11-16-5-4-8-20(16)12-17-10-15-9-14(3)6-7-18(15)21-17/h4-9,13,17,19H,10-12H2,1-3H3. The SMILES string of the molecule is Cc1ccc2c(c1)CC(Cn1cccc1CNC(C)C)O2. The Morgan fingerprint density at radius 3 is 3.00 bits per heavy atom. The molecule has 0 saturated heterocycles. The van der Waals surface area contributed by atoms with Crippen LogP contribution in [0.5, 0.6) is 5.75 Å². The Hall–Kier alpha value is -1.74. The van der Waals surface area contributed by atoms with Crippen molar-refractivity contribution < 1.29 is 4.74 Å². The molecular weight excluding hydrogens is 260 g/mol. The lowest BCUT2D eigenvalue weighted by Crippen LogP contribution is -2.26. The van der Waals surface area contributed by atoms with Crippen molar-refractivity contribution >= 4 is 0 Å².